The monoisotopic (exact) mass is 347 g/mol. The molecule has 0 radical (unpaired) electrons. The van der Waals surface area contributed by atoms with Gasteiger partial charge in [-0.2, -0.15) is 0 Å². The van der Waals surface area contributed by atoms with Crippen molar-refractivity contribution in [1.82, 2.24) is 5.32 Å². The van der Waals surface area contributed by atoms with E-state index in [1.54, 1.807) is 0 Å². The predicted octanol–water partition coefficient (Wildman–Crippen LogP) is 1.92. The van der Waals surface area contributed by atoms with Crippen LogP contribution in [0.15, 0.2) is 24.3 Å². The highest BCUT2D eigenvalue weighted by Crippen LogP contribution is 2.23. The first-order valence-corrected chi connectivity index (χ1v) is 10.0. The van der Waals surface area contributed by atoms with Gasteiger partial charge in [0.2, 0.25) is 5.91 Å². The van der Waals surface area contributed by atoms with Gasteiger partial charge in [-0.3, -0.25) is 4.79 Å². The summed E-state index contributed by atoms with van der Waals surface area (Å²) in [5.74, 6) is 0.734. The fraction of sp³-hybridized carbons (Fsp3) is 0.500. The van der Waals surface area contributed by atoms with Crippen LogP contribution in [0.25, 0.3) is 0 Å². The lowest BCUT2D eigenvalue weighted by Crippen LogP contribution is -2.28. The summed E-state index contributed by atoms with van der Waals surface area (Å²) in [5, 5.41) is 3.61. The summed E-state index contributed by atoms with van der Waals surface area (Å²) in [5.41, 5.74) is 1.12. The number of thioether (sulfide) groups is 1. The Kier molecular flexibility index (Phi) is 5.96. The fourth-order valence-electron chi connectivity index (χ4n) is 2.13. The van der Waals surface area contributed by atoms with Crippen molar-refractivity contribution in [2.75, 3.05) is 23.8 Å². The number of amides is 1. The van der Waals surface area contributed by atoms with Gasteiger partial charge in [0.25, 0.3) is 0 Å². The molecule has 0 bridgehead atoms. The molecule has 0 aliphatic carbocycles. The molecule has 116 valence electrons. The number of halogens is 1. The van der Waals surface area contributed by atoms with Gasteiger partial charge in [0.1, 0.15) is 0 Å². The van der Waals surface area contributed by atoms with Crippen molar-refractivity contribution in [1.29, 1.82) is 0 Å². The Balaban J connectivity index is 1.63. The van der Waals surface area contributed by atoms with E-state index >= 15 is 0 Å². The maximum Gasteiger partial charge on any atom is 0.230 e. The number of carbonyl (C=O) groups is 1. The number of nitrogens with one attached hydrogen (secondary N) is 1. The molecule has 1 amide bonds. The Bertz CT molecular complexity index is 587. The third-order valence-electron chi connectivity index (χ3n) is 3.29. The van der Waals surface area contributed by atoms with Crippen LogP contribution in [0.2, 0.25) is 5.02 Å². The summed E-state index contributed by atoms with van der Waals surface area (Å²) in [6.45, 7) is 0.573. The van der Waals surface area contributed by atoms with Crippen LogP contribution in [0.1, 0.15) is 12.0 Å². The lowest BCUT2D eigenvalue weighted by Gasteiger charge is -2.08. The van der Waals surface area contributed by atoms with Crippen LogP contribution in [0.5, 0.6) is 0 Å². The molecule has 4 nitrogen and oxygen atoms in total. The molecule has 2 rings (SSSR count). The first-order chi connectivity index (χ1) is 9.94. The molecule has 7 heteroatoms. The van der Waals surface area contributed by atoms with Gasteiger partial charge < -0.3 is 5.32 Å². The van der Waals surface area contributed by atoms with Gasteiger partial charge in [-0.15, -0.1) is 11.8 Å². The van der Waals surface area contributed by atoms with E-state index in [0.29, 0.717) is 23.7 Å². The minimum atomic E-state index is -2.86. The minimum Gasteiger partial charge on any atom is -0.355 e. The maximum absolute atomic E-state index is 11.7. The summed E-state index contributed by atoms with van der Waals surface area (Å²) in [7, 11) is -2.86. The molecule has 0 aromatic heterocycles. The van der Waals surface area contributed by atoms with E-state index in [4.69, 9.17) is 11.6 Å². The van der Waals surface area contributed by atoms with Gasteiger partial charge in [-0.05, 0) is 30.5 Å². The van der Waals surface area contributed by atoms with E-state index in [-0.39, 0.29) is 22.7 Å². The molecule has 21 heavy (non-hydrogen) atoms. The molecule has 1 atom stereocenters. The fourth-order valence-corrected chi connectivity index (χ4v) is 5.73. The second kappa shape index (κ2) is 7.51. The highest BCUT2D eigenvalue weighted by atomic mass is 35.5. The normalized spacial score (nSPS) is 20.3. The van der Waals surface area contributed by atoms with Crippen molar-refractivity contribution in [3.63, 3.8) is 0 Å². The van der Waals surface area contributed by atoms with Crippen molar-refractivity contribution in [3.8, 4) is 0 Å². The van der Waals surface area contributed by atoms with Gasteiger partial charge in [-0.1, -0.05) is 23.7 Å². The SMILES string of the molecule is O=C(CS[C@H]1CCS(=O)(=O)C1)NCCc1ccc(Cl)cc1. The number of carbonyl (C=O) groups excluding carboxylic acids is 1. The topological polar surface area (TPSA) is 63.2 Å². The van der Waals surface area contributed by atoms with E-state index in [1.807, 2.05) is 24.3 Å². The Morgan fingerprint density at radius 1 is 1.33 bits per heavy atom. The third kappa shape index (κ3) is 5.88. The maximum atomic E-state index is 11.7. The zero-order valence-electron chi connectivity index (χ0n) is 11.5. The Labute approximate surface area is 134 Å². The standard InChI is InChI=1S/C14H18ClNO3S2/c15-12-3-1-11(2-4-12)5-7-16-14(17)9-20-13-6-8-21(18,19)10-13/h1-4,13H,5-10H2,(H,16,17)/t13-/m0/s1. The van der Waals surface area contributed by atoms with Gasteiger partial charge in [0.05, 0.1) is 17.3 Å². The Morgan fingerprint density at radius 2 is 2.05 bits per heavy atom. The number of hydrogen-bond acceptors (Lipinski definition) is 4. The van der Waals surface area contributed by atoms with Crippen molar-refractivity contribution in [2.24, 2.45) is 0 Å². The summed E-state index contributed by atoms with van der Waals surface area (Å²) < 4.78 is 22.6. The molecule has 1 fully saturated rings. The number of hydrogen-bond donors (Lipinski definition) is 1. The predicted molar refractivity (Wildman–Crippen MR) is 87.7 cm³/mol. The molecule has 1 aromatic rings. The lowest BCUT2D eigenvalue weighted by atomic mass is 10.1. The first kappa shape index (κ1) is 16.6. The highest BCUT2D eigenvalue weighted by Gasteiger charge is 2.28. The van der Waals surface area contributed by atoms with Crippen molar-refractivity contribution < 1.29 is 13.2 Å². The van der Waals surface area contributed by atoms with E-state index in [2.05, 4.69) is 5.32 Å². The molecule has 1 aromatic carbocycles. The molecule has 1 aliphatic rings. The minimum absolute atomic E-state index is 0.0433. The van der Waals surface area contributed by atoms with E-state index < -0.39 is 9.84 Å². The van der Waals surface area contributed by atoms with Crippen LogP contribution in [-0.4, -0.2) is 43.4 Å². The second-order valence-corrected chi connectivity index (χ2v) is 9.02. The van der Waals surface area contributed by atoms with Crippen LogP contribution in [0.3, 0.4) is 0 Å². The Hall–Kier alpha value is -0.720. The van der Waals surface area contributed by atoms with Gasteiger partial charge >= 0.3 is 0 Å². The first-order valence-electron chi connectivity index (χ1n) is 6.78. The van der Waals surface area contributed by atoms with E-state index in [0.717, 1.165) is 12.0 Å². The highest BCUT2D eigenvalue weighted by molar-refractivity contribution is 8.02. The van der Waals surface area contributed by atoms with Crippen molar-refractivity contribution >= 4 is 39.1 Å². The van der Waals surface area contributed by atoms with Crippen LogP contribution in [0, 0.1) is 0 Å². The van der Waals surface area contributed by atoms with Crippen LogP contribution < -0.4 is 5.32 Å². The average Bonchev–Trinajstić information content (AvgIpc) is 2.78. The zero-order chi connectivity index (χ0) is 15.3. The zero-order valence-corrected chi connectivity index (χ0v) is 13.9. The summed E-state index contributed by atoms with van der Waals surface area (Å²) >= 11 is 7.24. The molecule has 0 unspecified atom stereocenters. The molecule has 1 aliphatic heterocycles. The quantitative estimate of drug-likeness (QED) is 0.854. The van der Waals surface area contributed by atoms with Gasteiger partial charge in [-0.25, -0.2) is 8.42 Å². The molecular weight excluding hydrogens is 330 g/mol. The van der Waals surface area contributed by atoms with Crippen molar-refractivity contribution in [2.45, 2.75) is 18.1 Å². The summed E-state index contributed by atoms with van der Waals surface area (Å²) in [6, 6.07) is 7.53. The smallest absolute Gasteiger partial charge is 0.230 e. The molecule has 1 heterocycles. The number of rotatable bonds is 6. The van der Waals surface area contributed by atoms with Crippen molar-refractivity contribution in [3.05, 3.63) is 34.9 Å². The summed E-state index contributed by atoms with van der Waals surface area (Å²) in [6.07, 6.45) is 1.41. The van der Waals surface area contributed by atoms with Gasteiger partial charge in [0, 0.05) is 16.8 Å². The lowest BCUT2D eigenvalue weighted by molar-refractivity contribution is -0.118. The van der Waals surface area contributed by atoms with E-state index in [9.17, 15) is 13.2 Å². The Morgan fingerprint density at radius 3 is 2.67 bits per heavy atom. The molecule has 0 spiro atoms. The van der Waals surface area contributed by atoms with Gasteiger partial charge in [0.15, 0.2) is 9.84 Å². The summed E-state index contributed by atoms with van der Waals surface area (Å²) in [4.78, 5) is 11.7. The largest absolute Gasteiger partial charge is 0.355 e. The van der Waals surface area contributed by atoms with Crippen LogP contribution in [-0.2, 0) is 21.1 Å². The number of sulfone groups is 1. The second-order valence-electron chi connectivity index (χ2n) is 5.06. The average molecular weight is 348 g/mol. The van der Waals surface area contributed by atoms with E-state index in [1.165, 1.54) is 11.8 Å². The number of benzene rings is 1. The molecule has 0 saturated carbocycles. The van der Waals surface area contributed by atoms with Crippen LogP contribution in [0.4, 0.5) is 0 Å². The molecule has 1 saturated heterocycles. The molecule has 1 N–H and O–H groups in total. The third-order valence-corrected chi connectivity index (χ3v) is 6.82. The molecular formula is C14H18ClNO3S2. The van der Waals surface area contributed by atoms with Crippen LogP contribution >= 0.6 is 23.4 Å².